The SMILES string of the molecule is CNc1nccnc1-c1cccc2nccn12. The number of anilines is 1. The zero-order valence-corrected chi connectivity index (χ0v) is 9.33. The zero-order valence-electron chi connectivity index (χ0n) is 9.33. The smallest absolute Gasteiger partial charge is 0.153 e. The van der Waals surface area contributed by atoms with Crippen LogP contribution < -0.4 is 5.32 Å². The molecule has 5 heteroatoms. The summed E-state index contributed by atoms with van der Waals surface area (Å²) >= 11 is 0. The van der Waals surface area contributed by atoms with E-state index in [0.717, 1.165) is 22.9 Å². The maximum Gasteiger partial charge on any atom is 0.153 e. The summed E-state index contributed by atoms with van der Waals surface area (Å²) in [5.74, 6) is 0.758. The standard InChI is InChI=1S/C12H11N5/c1-13-12-11(15-5-6-16-12)9-3-2-4-10-14-7-8-17(9)10/h2-8H,1H3,(H,13,16). The number of nitrogens with zero attached hydrogens (tertiary/aromatic N) is 4. The second-order valence-corrected chi connectivity index (χ2v) is 3.57. The molecule has 0 unspecified atom stereocenters. The first-order valence-electron chi connectivity index (χ1n) is 5.31. The largest absolute Gasteiger partial charge is 0.371 e. The van der Waals surface area contributed by atoms with Crippen LogP contribution in [0.1, 0.15) is 0 Å². The average molecular weight is 225 g/mol. The molecule has 0 amide bonds. The van der Waals surface area contributed by atoms with Gasteiger partial charge in [-0.1, -0.05) is 6.07 Å². The van der Waals surface area contributed by atoms with Crippen LogP contribution in [0.25, 0.3) is 17.0 Å². The summed E-state index contributed by atoms with van der Waals surface area (Å²) in [7, 11) is 1.83. The highest BCUT2D eigenvalue weighted by Gasteiger charge is 2.09. The molecule has 3 aromatic heterocycles. The van der Waals surface area contributed by atoms with Crippen molar-refractivity contribution in [1.29, 1.82) is 0 Å². The van der Waals surface area contributed by atoms with Crippen molar-refractivity contribution in [2.24, 2.45) is 0 Å². The third-order valence-electron chi connectivity index (χ3n) is 2.61. The molecule has 0 saturated heterocycles. The monoisotopic (exact) mass is 225 g/mol. The van der Waals surface area contributed by atoms with E-state index in [4.69, 9.17) is 0 Å². The summed E-state index contributed by atoms with van der Waals surface area (Å²) in [6.45, 7) is 0. The van der Waals surface area contributed by atoms with Crippen LogP contribution in [-0.2, 0) is 0 Å². The second kappa shape index (κ2) is 3.86. The van der Waals surface area contributed by atoms with Crippen molar-refractivity contribution in [3.63, 3.8) is 0 Å². The summed E-state index contributed by atoms with van der Waals surface area (Å²) in [5.41, 5.74) is 2.69. The van der Waals surface area contributed by atoms with Gasteiger partial charge in [0, 0.05) is 31.8 Å². The molecule has 0 aliphatic heterocycles. The Morgan fingerprint density at radius 3 is 2.82 bits per heavy atom. The first-order valence-corrected chi connectivity index (χ1v) is 5.31. The van der Waals surface area contributed by atoms with Gasteiger partial charge in [0.05, 0.1) is 5.69 Å². The minimum absolute atomic E-state index is 0.758. The molecule has 3 aromatic rings. The molecular weight excluding hydrogens is 214 g/mol. The minimum Gasteiger partial charge on any atom is -0.371 e. The Hall–Kier alpha value is -2.43. The van der Waals surface area contributed by atoms with Crippen molar-refractivity contribution in [3.05, 3.63) is 43.0 Å². The summed E-state index contributed by atoms with van der Waals surface area (Å²) in [5, 5.41) is 3.04. The maximum absolute atomic E-state index is 4.38. The first kappa shape index (κ1) is 9.77. The van der Waals surface area contributed by atoms with Crippen LogP contribution in [0, 0.1) is 0 Å². The van der Waals surface area contributed by atoms with Crippen molar-refractivity contribution < 1.29 is 0 Å². The molecule has 0 aliphatic rings. The van der Waals surface area contributed by atoms with Gasteiger partial charge in [0.25, 0.3) is 0 Å². The number of rotatable bonds is 2. The third-order valence-corrected chi connectivity index (χ3v) is 2.61. The Labute approximate surface area is 98.2 Å². The molecular formula is C12H11N5. The molecule has 0 aromatic carbocycles. The number of imidazole rings is 1. The molecule has 3 heterocycles. The lowest BCUT2D eigenvalue weighted by Gasteiger charge is -2.08. The molecule has 0 atom stereocenters. The molecule has 1 N–H and O–H groups in total. The van der Waals surface area contributed by atoms with Crippen molar-refractivity contribution in [2.75, 3.05) is 12.4 Å². The number of pyridine rings is 1. The molecule has 17 heavy (non-hydrogen) atoms. The van der Waals surface area contributed by atoms with E-state index < -0.39 is 0 Å². The van der Waals surface area contributed by atoms with E-state index in [1.54, 1.807) is 18.6 Å². The van der Waals surface area contributed by atoms with Gasteiger partial charge in [-0.3, -0.25) is 4.40 Å². The van der Waals surface area contributed by atoms with Crippen LogP contribution in [0.2, 0.25) is 0 Å². The van der Waals surface area contributed by atoms with Crippen molar-refractivity contribution in [3.8, 4) is 11.4 Å². The Bertz CT molecular complexity index is 659. The zero-order chi connectivity index (χ0) is 11.7. The lowest BCUT2D eigenvalue weighted by Crippen LogP contribution is -2.00. The van der Waals surface area contributed by atoms with Crippen molar-refractivity contribution >= 4 is 11.5 Å². The van der Waals surface area contributed by atoms with E-state index in [1.165, 1.54) is 0 Å². The van der Waals surface area contributed by atoms with Gasteiger partial charge in [-0.2, -0.15) is 0 Å². The Kier molecular flexibility index (Phi) is 2.22. The summed E-state index contributed by atoms with van der Waals surface area (Å²) < 4.78 is 1.99. The van der Waals surface area contributed by atoms with Gasteiger partial charge in [0.15, 0.2) is 5.82 Å². The predicted molar refractivity (Wildman–Crippen MR) is 65.8 cm³/mol. The summed E-state index contributed by atoms with van der Waals surface area (Å²) in [6, 6.07) is 5.92. The normalized spacial score (nSPS) is 10.6. The molecule has 0 radical (unpaired) electrons. The molecule has 0 fully saturated rings. The number of hydrogen-bond acceptors (Lipinski definition) is 4. The van der Waals surface area contributed by atoms with Gasteiger partial charge in [-0.15, -0.1) is 0 Å². The highest BCUT2D eigenvalue weighted by molar-refractivity contribution is 5.70. The lowest BCUT2D eigenvalue weighted by molar-refractivity contribution is 1.13. The summed E-state index contributed by atoms with van der Waals surface area (Å²) in [4.78, 5) is 12.9. The first-order chi connectivity index (χ1) is 8.40. The Morgan fingerprint density at radius 1 is 1.06 bits per heavy atom. The quantitative estimate of drug-likeness (QED) is 0.723. The van der Waals surface area contributed by atoms with E-state index in [0.29, 0.717) is 0 Å². The van der Waals surface area contributed by atoms with Gasteiger partial charge in [-0.25, -0.2) is 15.0 Å². The number of aromatic nitrogens is 4. The van der Waals surface area contributed by atoms with Crippen LogP contribution in [0.4, 0.5) is 5.82 Å². The van der Waals surface area contributed by atoms with E-state index in [2.05, 4.69) is 20.3 Å². The maximum atomic E-state index is 4.38. The van der Waals surface area contributed by atoms with Crippen LogP contribution in [0.15, 0.2) is 43.0 Å². The highest BCUT2D eigenvalue weighted by Crippen LogP contribution is 2.23. The van der Waals surface area contributed by atoms with Crippen molar-refractivity contribution in [1.82, 2.24) is 19.4 Å². The second-order valence-electron chi connectivity index (χ2n) is 3.57. The fraction of sp³-hybridized carbons (Fsp3) is 0.0833. The third kappa shape index (κ3) is 1.52. The fourth-order valence-electron chi connectivity index (χ4n) is 1.85. The minimum atomic E-state index is 0.758. The molecule has 5 nitrogen and oxygen atoms in total. The van der Waals surface area contributed by atoms with Crippen LogP contribution >= 0.6 is 0 Å². The molecule has 0 saturated carbocycles. The van der Waals surface area contributed by atoms with E-state index in [1.807, 2.05) is 35.8 Å². The molecule has 3 rings (SSSR count). The van der Waals surface area contributed by atoms with Gasteiger partial charge in [-0.05, 0) is 12.1 Å². The predicted octanol–water partition coefficient (Wildman–Crippen LogP) is 1.83. The summed E-state index contributed by atoms with van der Waals surface area (Å²) in [6.07, 6.45) is 7.04. The van der Waals surface area contributed by atoms with Crippen LogP contribution in [0.3, 0.4) is 0 Å². The van der Waals surface area contributed by atoms with E-state index >= 15 is 0 Å². The average Bonchev–Trinajstić information content (AvgIpc) is 2.86. The lowest BCUT2D eigenvalue weighted by atomic mass is 10.2. The number of nitrogens with one attached hydrogen (secondary N) is 1. The van der Waals surface area contributed by atoms with E-state index in [-0.39, 0.29) is 0 Å². The Balaban J connectivity index is 2.30. The molecule has 84 valence electrons. The van der Waals surface area contributed by atoms with Crippen molar-refractivity contribution in [2.45, 2.75) is 0 Å². The van der Waals surface area contributed by atoms with Gasteiger partial charge < -0.3 is 5.32 Å². The number of fused-ring (bicyclic) bond motifs is 1. The molecule has 0 bridgehead atoms. The van der Waals surface area contributed by atoms with Crippen LogP contribution in [0.5, 0.6) is 0 Å². The number of hydrogen-bond donors (Lipinski definition) is 1. The molecule has 0 spiro atoms. The van der Waals surface area contributed by atoms with E-state index in [9.17, 15) is 0 Å². The molecule has 0 aliphatic carbocycles. The highest BCUT2D eigenvalue weighted by atomic mass is 15.0. The van der Waals surface area contributed by atoms with Gasteiger partial charge in [0.1, 0.15) is 11.3 Å². The van der Waals surface area contributed by atoms with Gasteiger partial charge in [0.2, 0.25) is 0 Å². The van der Waals surface area contributed by atoms with Gasteiger partial charge >= 0.3 is 0 Å². The van der Waals surface area contributed by atoms with Crippen LogP contribution in [-0.4, -0.2) is 26.4 Å². The Morgan fingerprint density at radius 2 is 1.94 bits per heavy atom. The fourth-order valence-corrected chi connectivity index (χ4v) is 1.85. The topological polar surface area (TPSA) is 55.1 Å².